The zero-order valence-corrected chi connectivity index (χ0v) is 11.6. The SMILES string of the molecule is CC(C)Cn1nnnc1-c1cc(N)cc(Cl)c1Cl. The fourth-order valence-electron chi connectivity index (χ4n) is 1.64. The molecule has 0 fully saturated rings. The lowest BCUT2D eigenvalue weighted by molar-refractivity contribution is 0.475. The highest BCUT2D eigenvalue weighted by Crippen LogP contribution is 2.34. The molecule has 96 valence electrons. The van der Waals surface area contributed by atoms with Crippen LogP contribution in [0.5, 0.6) is 0 Å². The Hall–Kier alpha value is -1.33. The Balaban J connectivity index is 2.52. The number of aromatic nitrogens is 4. The minimum Gasteiger partial charge on any atom is -0.399 e. The molecule has 7 heteroatoms. The lowest BCUT2D eigenvalue weighted by Gasteiger charge is -2.09. The van der Waals surface area contributed by atoms with Crippen LogP contribution in [0.25, 0.3) is 11.4 Å². The van der Waals surface area contributed by atoms with Gasteiger partial charge in [-0.2, -0.15) is 0 Å². The number of nitrogens with two attached hydrogens (primary N) is 1. The van der Waals surface area contributed by atoms with Crippen molar-refractivity contribution >= 4 is 28.9 Å². The van der Waals surface area contributed by atoms with E-state index in [0.29, 0.717) is 39.6 Å². The largest absolute Gasteiger partial charge is 0.399 e. The number of nitrogen functional groups attached to an aromatic ring is 1. The summed E-state index contributed by atoms with van der Waals surface area (Å²) in [6.07, 6.45) is 0. The van der Waals surface area contributed by atoms with Crippen molar-refractivity contribution in [3.8, 4) is 11.4 Å². The van der Waals surface area contributed by atoms with Gasteiger partial charge in [-0.05, 0) is 28.5 Å². The number of halogens is 2. The highest BCUT2D eigenvalue weighted by Gasteiger charge is 2.16. The molecule has 1 aromatic heterocycles. The van der Waals surface area contributed by atoms with Gasteiger partial charge in [0.15, 0.2) is 5.82 Å². The van der Waals surface area contributed by atoms with Crippen molar-refractivity contribution in [3.63, 3.8) is 0 Å². The van der Waals surface area contributed by atoms with E-state index >= 15 is 0 Å². The lowest BCUT2D eigenvalue weighted by atomic mass is 10.1. The van der Waals surface area contributed by atoms with Gasteiger partial charge in [-0.1, -0.05) is 37.0 Å². The normalized spacial score (nSPS) is 11.2. The van der Waals surface area contributed by atoms with Gasteiger partial charge in [-0.25, -0.2) is 4.68 Å². The Kier molecular flexibility index (Phi) is 3.73. The van der Waals surface area contributed by atoms with E-state index in [1.165, 1.54) is 0 Å². The second-order valence-electron chi connectivity index (χ2n) is 4.44. The summed E-state index contributed by atoms with van der Waals surface area (Å²) in [5.41, 5.74) is 6.94. The summed E-state index contributed by atoms with van der Waals surface area (Å²) in [5.74, 6) is 0.991. The summed E-state index contributed by atoms with van der Waals surface area (Å²) in [7, 11) is 0. The molecule has 0 aliphatic carbocycles. The van der Waals surface area contributed by atoms with Gasteiger partial charge < -0.3 is 5.73 Å². The number of nitrogens with zero attached hydrogens (tertiary/aromatic N) is 4. The Bertz CT molecular complexity index is 565. The van der Waals surface area contributed by atoms with E-state index in [0.717, 1.165) is 0 Å². The molecule has 0 aliphatic heterocycles. The highest BCUT2D eigenvalue weighted by molar-refractivity contribution is 6.43. The smallest absolute Gasteiger partial charge is 0.183 e. The van der Waals surface area contributed by atoms with E-state index < -0.39 is 0 Å². The van der Waals surface area contributed by atoms with E-state index in [9.17, 15) is 0 Å². The van der Waals surface area contributed by atoms with Crippen LogP contribution in [-0.2, 0) is 6.54 Å². The van der Waals surface area contributed by atoms with E-state index in [4.69, 9.17) is 28.9 Å². The Morgan fingerprint density at radius 3 is 2.72 bits per heavy atom. The second kappa shape index (κ2) is 5.12. The van der Waals surface area contributed by atoms with Crippen LogP contribution in [0.2, 0.25) is 10.0 Å². The lowest BCUT2D eigenvalue weighted by Crippen LogP contribution is -2.08. The predicted molar refractivity (Wildman–Crippen MR) is 72.5 cm³/mol. The Morgan fingerprint density at radius 2 is 2.06 bits per heavy atom. The summed E-state index contributed by atoms with van der Waals surface area (Å²) >= 11 is 12.2. The maximum atomic E-state index is 6.17. The molecule has 0 saturated carbocycles. The van der Waals surface area contributed by atoms with Gasteiger partial charge in [0, 0.05) is 17.8 Å². The van der Waals surface area contributed by atoms with Gasteiger partial charge >= 0.3 is 0 Å². The third-order valence-electron chi connectivity index (χ3n) is 2.36. The molecule has 0 atom stereocenters. The molecule has 0 saturated heterocycles. The van der Waals surface area contributed by atoms with Crippen LogP contribution in [0.1, 0.15) is 13.8 Å². The summed E-state index contributed by atoms with van der Waals surface area (Å²) in [6.45, 7) is 4.86. The molecule has 2 aromatic rings. The van der Waals surface area contributed by atoms with Crippen molar-refractivity contribution in [2.24, 2.45) is 5.92 Å². The first-order valence-electron chi connectivity index (χ1n) is 5.50. The number of hydrogen-bond acceptors (Lipinski definition) is 4. The van der Waals surface area contributed by atoms with Crippen molar-refractivity contribution < 1.29 is 0 Å². The Labute approximate surface area is 115 Å². The van der Waals surface area contributed by atoms with Crippen molar-refractivity contribution in [2.75, 3.05) is 5.73 Å². The molecule has 0 amide bonds. The molecule has 0 unspecified atom stereocenters. The van der Waals surface area contributed by atoms with E-state index in [1.807, 2.05) is 0 Å². The molecular formula is C11H13Cl2N5. The fourth-order valence-corrected chi connectivity index (χ4v) is 2.06. The van der Waals surface area contributed by atoms with E-state index in [2.05, 4.69) is 29.4 Å². The van der Waals surface area contributed by atoms with Crippen LogP contribution in [-0.4, -0.2) is 20.2 Å². The summed E-state index contributed by atoms with van der Waals surface area (Å²) < 4.78 is 1.70. The number of tetrazole rings is 1. The fraction of sp³-hybridized carbons (Fsp3) is 0.364. The average Bonchev–Trinajstić information content (AvgIpc) is 2.70. The molecule has 1 heterocycles. The van der Waals surface area contributed by atoms with Gasteiger partial charge in [0.05, 0.1) is 10.0 Å². The van der Waals surface area contributed by atoms with E-state index in [1.54, 1.807) is 16.8 Å². The molecular weight excluding hydrogens is 273 g/mol. The van der Waals surface area contributed by atoms with Gasteiger partial charge in [-0.15, -0.1) is 5.10 Å². The van der Waals surface area contributed by atoms with Gasteiger partial charge in [0.2, 0.25) is 0 Å². The van der Waals surface area contributed by atoms with Gasteiger partial charge in [0.1, 0.15) is 0 Å². The van der Waals surface area contributed by atoms with Crippen LogP contribution in [0, 0.1) is 5.92 Å². The molecule has 0 spiro atoms. The number of rotatable bonds is 3. The second-order valence-corrected chi connectivity index (χ2v) is 5.23. The summed E-state index contributed by atoms with van der Waals surface area (Å²) in [4.78, 5) is 0. The maximum absolute atomic E-state index is 6.17. The Morgan fingerprint density at radius 1 is 1.33 bits per heavy atom. The van der Waals surface area contributed by atoms with Crippen molar-refractivity contribution in [1.29, 1.82) is 0 Å². The minimum atomic E-state index is 0.394. The van der Waals surface area contributed by atoms with Crippen LogP contribution in [0.15, 0.2) is 12.1 Å². The molecule has 2 N–H and O–H groups in total. The van der Waals surface area contributed by atoms with E-state index in [-0.39, 0.29) is 0 Å². The first-order valence-corrected chi connectivity index (χ1v) is 6.25. The minimum absolute atomic E-state index is 0.394. The van der Waals surface area contributed by atoms with Crippen LogP contribution < -0.4 is 5.73 Å². The molecule has 0 bridgehead atoms. The predicted octanol–water partition coefficient (Wildman–Crippen LogP) is 2.89. The van der Waals surface area contributed by atoms with Crippen molar-refractivity contribution in [1.82, 2.24) is 20.2 Å². The summed E-state index contributed by atoms with van der Waals surface area (Å²) in [5, 5.41) is 12.4. The first-order chi connectivity index (χ1) is 8.49. The quantitative estimate of drug-likeness (QED) is 0.881. The highest BCUT2D eigenvalue weighted by atomic mass is 35.5. The van der Waals surface area contributed by atoms with Crippen molar-refractivity contribution in [2.45, 2.75) is 20.4 Å². The third kappa shape index (κ3) is 2.57. The summed E-state index contributed by atoms with van der Waals surface area (Å²) in [6, 6.07) is 3.32. The number of benzene rings is 1. The van der Waals surface area contributed by atoms with Crippen LogP contribution in [0.4, 0.5) is 5.69 Å². The van der Waals surface area contributed by atoms with Crippen LogP contribution in [0.3, 0.4) is 0 Å². The molecule has 2 rings (SSSR count). The van der Waals surface area contributed by atoms with Gasteiger partial charge in [-0.3, -0.25) is 0 Å². The third-order valence-corrected chi connectivity index (χ3v) is 3.16. The zero-order valence-electron chi connectivity index (χ0n) is 10.1. The molecule has 0 radical (unpaired) electrons. The monoisotopic (exact) mass is 285 g/mol. The molecule has 1 aromatic carbocycles. The average molecular weight is 286 g/mol. The number of hydrogen-bond donors (Lipinski definition) is 1. The van der Waals surface area contributed by atoms with Crippen molar-refractivity contribution in [3.05, 3.63) is 22.2 Å². The number of anilines is 1. The standard InChI is InChI=1S/C11H13Cl2N5/c1-6(2)5-18-11(15-16-17-18)8-3-7(14)4-9(12)10(8)13/h3-4,6H,5,14H2,1-2H3. The van der Waals surface area contributed by atoms with Gasteiger partial charge in [0.25, 0.3) is 0 Å². The topological polar surface area (TPSA) is 69.6 Å². The maximum Gasteiger partial charge on any atom is 0.183 e. The zero-order chi connectivity index (χ0) is 13.3. The van der Waals surface area contributed by atoms with Crippen LogP contribution >= 0.6 is 23.2 Å². The first kappa shape index (κ1) is 13.1. The molecule has 0 aliphatic rings. The molecule has 18 heavy (non-hydrogen) atoms. The molecule has 5 nitrogen and oxygen atoms in total.